The summed E-state index contributed by atoms with van der Waals surface area (Å²) in [5.41, 5.74) is 4.60. The molecule has 5 rings (SSSR count). The van der Waals surface area contributed by atoms with E-state index in [0.29, 0.717) is 39.0 Å². The van der Waals surface area contributed by atoms with E-state index >= 15 is 0 Å². The number of carboxylic acids is 1. The van der Waals surface area contributed by atoms with Crippen LogP contribution in [0.15, 0.2) is 48.5 Å². The molecule has 8 heteroatoms. The number of benzene rings is 2. The Bertz CT molecular complexity index is 1050. The minimum absolute atomic E-state index is 0.0362. The lowest BCUT2D eigenvalue weighted by atomic mass is 9.96. The Labute approximate surface area is 197 Å². The number of carboxylic acid groups (broad SMARTS) is 1. The third-order valence-corrected chi connectivity index (χ3v) is 7.14. The molecule has 2 saturated heterocycles. The average Bonchev–Trinajstić information content (AvgIpc) is 3.45. The fraction of sp³-hybridized carbons (Fsp3) is 0.423. The number of alkyl carbamates (subject to hydrolysis) is 1. The van der Waals surface area contributed by atoms with Crippen LogP contribution in [0.3, 0.4) is 0 Å². The van der Waals surface area contributed by atoms with Gasteiger partial charge in [-0.15, -0.1) is 0 Å². The lowest BCUT2D eigenvalue weighted by Gasteiger charge is -2.33. The summed E-state index contributed by atoms with van der Waals surface area (Å²) in [6, 6.07) is 15.8. The summed E-state index contributed by atoms with van der Waals surface area (Å²) in [4.78, 5) is 38.4. The van der Waals surface area contributed by atoms with Gasteiger partial charge in [0.05, 0.1) is 12.0 Å². The zero-order valence-corrected chi connectivity index (χ0v) is 18.8. The molecule has 1 aliphatic carbocycles. The van der Waals surface area contributed by atoms with Crippen molar-refractivity contribution in [2.24, 2.45) is 5.92 Å². The molecule has 8 nitrogen and oxygen atoms in total. The number of likely N-dealkylation sites (tertiary alicyclic amines) is 1. The predicted molar refractivity (Wildman–Crippen MR) is 123 cm³/mol. The van der Waals surface area contributed by atoms with Crippen molar-refractivity contribution in [2.75, 3.05) is 26.3 Å². The molecular weight excluding hydrogens is 436 g/mol. The van der Waals surface area contributed by atoms with Crippen molar-refractivity contribution in [2.45, 2.75) is 37.3 Å². The molecule has 2 heterocycles. The second-order valence-electron chi connectivity index (χ2n) is 9.09. The lowest BCUT2D eigenvalue weighted by Crippen LogP contribution is -2.51. The molecule has 3 aliphatic rings. The van der Waals surface area contributed by atoms with E-state index in [1.54, 1.807) is 4.90 Å². The number of fused-ring (bicyclic) bond motifs is 3. The van der Waals surface area contributed by atoms with E-state index in [-0.39, 0.29) is 18.4 Å². The molecule has 2 fully saturated rings. The first-order valence-electron chi connectivity index (χ1n) is 11.8. The molecule has 0 bridgehead atoms. The van der Waals surface area contributed by atoms with Gasteiger partial charge >= 0.3 is 12.1 Å². The van der Waals surface area contributed by atoms with Gasteiger partial charge in [0.1, 0.15) is 6.61 Å². The van der Waals surface area contributed by atoms with Crippen molar-refractivity contribution in [3.63, 3.8) is 0 Å². The first-order chi connectivity index (χ1) is 16.5. The maximum absolute atomic E-state index is 13.0. The zero-order valence-electron chi connectivity index (χ0n) is 18.8. The monoisotopic (exact) mass is 464 g/mol. The molecule has 2 aromatic rings. The highest BCUT2D eigenvalue weighted by atomic mass is 16.6. The lowest BCUT2D eigenvalue weighted by molar-refractivity contribution is -0.149. The van der Waals surface area contributed by atoms with E-state index in [2.05, 4.69) is 29.6 Å². The maximum atomic E-state index is 13.0. The highest BCUT2D eigenvalue weighted by molar-refractivity contribution is 5.83. The van der Waals surface area contributed by atoms with Gasteiger partial charge in [0.15, 0.2) is 6.10 Å². The van der Waals surface area contributed by atoms with E-state index in [9.17, 15) is 14.4 Å². The highest BCUT2D eigenvalue weighted by Gasteiger charge is 2.40. The Morgan fingerprint density at radius 3 is 2.21 bits per heavy atom. The molecule has 178 valence electrons. The standard InChI is InChI=1S/C26H28N2O6/c29-24(28-12-9-16(10-13-28)25(30)31)23-22(11-14-33-23)27-26(32)34-15-21-19-7-3-1-5-17(19)18-6-2-4-8-20(18)21/h1-8,16,21-23H,9-15H2,(H,27,32)(H,30,31). The molecule has 2 N–H and O–H groups in total. The number of carbonyl (C=O) groups is 3. The Morgan fingerprint density at radius 2 is 1.59 bits per heavy atom. The molecule has 2 unspecified atom stereocenters. The summed E-state index contributed by atoms with van der Waals surface area (Å²) >= 11 is 0. The second kappa shape index (κ2) is 9.46. The van der Waals surface area contributed by atoms with E-state index < -0.39 is 30.1 Å². The van der Waals surface area contributed by atoms with Gasteiger partial charge in [0.2, 0.25) is 0 Å². The van der Waals surface area contributed by atoms with Crippen LogP contribution in [0, 0.1) is 5.92 Å². The fourth-order valence-electron chi connectivity index (χ4n) is 5.30. The number of nitrogens with zero attached hydrogens (tertiary/aromatic N) is 1. The number of ether oxygens (including phenoxy) is 2. The number of rotatable bonds is 5. The average molecular weight is 465 g/mol. The summed E-state index contributed by atoms with van der Waals surface area (Å²) < 4.78 is 11.3. The number of piperidine rings is 1. The minimum Gasteiger partial charge on any atom is -0.481 e. The summed E-state index contributed by atoms with van der Waals surface area (Å²) in [6.07, 6.45) is 0.0320. The number of carbonyl (C=O) groups excluding carboxylic acids is 2. The van der Waals surface area contributed by atoms with E-state index in [1.807, 2.05) is 24.3 Å². The molecule has 2 aromatic carbocycles. The van der Waals surface area contributed by atoms with Crippen LogP contribution >= 0.6 is 0 Å². The van der Waals surface area contributed by atoms with Crippen molar-refractivity contribution in [1.82, 2.24) is 10.2 Å². The molecule has 0 aromatic heterocycles. The molecule has 0 spiro atoms. The van der Waals surface area contributed by atoms with Crippen LogP contribution in [-0.2, 0) is 19.1 Å². The van der Waals surface area contributed by atoms with Crippen LogP contribution in [0.4, 0.5) is 4.79 Å². The summed E-state index contributed by atoms with van der Waals surface area (Å²) in [5, 5.41) is 12.0. The van der Waals surface area contributed by atoms with E-state index in [4.69, 9.17) is 14.6 Å². The first-order valence-corrected chi connectivity index (χ1v) is 11.8. The quantitative estimate of drug-likeness (QED) is 0.705. The topological polar surface area (TPSA) is 105 Å². The molecule has 2 amide bonds. The number of amides is 2. The Morgan fingerprint density at radius 1 is 0.971 bits per heavy atom. The molecule has 0 radical (unpaired) electrons. The van der Waals surface area contributed by atoms with E-state index in [1.165, 1.54) is 0 Å². The molecular formula is C26H28N2O6. The van der Waals surface area contributed by atoms with Gasteiger partial charge in [-0.3, -0.25) is 9.59 Å². The number of hydrogen-bond donors (Lipinski definition) is 2. The van der Waals surface area contributed by atoms with Gasteiger partial charge in [0, 0.05) is 25.6 Å². The van der Waals surface area contributed by atoms with Crippen molar-refractivity contribution in [3.8, 4) is 11.1 Å². The Hall–Kier alpha value is -3.39. The normalized spacial score (nSPS) is 22.2. The summed E-state index contributed by atoms with van der Waals surface area (Å²) in [5.74, 6) is -1.47. The molecule has 34 heavy (non-hydrogen) atoms. The minimum atomic E-state index is -0.820. The smallest absolute Gasteiger partial charge is 0.407 e. The van der Waals surface area contributed by atoms with Crippen molar-refractivity contribution in [1.29, 1.82) is 0 Å². The van der Waals surface area contributed by atoms with Gasteiger partial charge in [-0.05, 0) is 41.5 Å². The highest BCUT2D eigenvalue weighted by Crippen LogP contribution is 2.44. The Kier molecular flexibility index (Phi) is 6.24. The van der Waals surface area contributed by atoms with Gasteiger partial charge in [-0.2, -0.15) is 0 Å². The van der Waals surface area contributed by atoms with Crippen LogP contribution in [-0.4, -0.2) is 66.4 Å². The SMILES string of the molecule is O=C(NC1CCOC1C(=O)N1CCC(C(=O)O)CC1)OCC1c2ccccc2-c2ccccc21. The second-order valence-corrected chi connectivity index (χ2v) is 9.09. The zero-order chi connectivity index (χ0) is 23.7. The first kappa shape index (κ1) is 22.4. The summed E-state index contributed by atoms with van der Waals surface area (Å²) in [7, 11) is 0. The van der Waals surface area contributed by atoms with Crippen LogP contribution in [0.1, 0.15) is 36.3 Å². The number of nitrogens with one attached hydrogen (secondary N) is 1. The van der Waals surface area contributed by atoms with Crippen molar-refractivity contribution in [3.05, 3.63) is 59.7 Å². The third kappa shape index (κ3) is 4.25. The third-order valence-electron chi connectivity index (χ3n) is 7.14. The predicted octanol–water partition coefficient (Wildman–Crippen LogP) is 3.01. The maximum Gasteiger partial charge on any atom is 0.407 e. The van der Waals surface area contributed by atoms with Crippen LogP contribution < -0.4 is 5.32 Å². The van der Waals surface area contributed by atoms with E-state index in [0.717, 1.165) is 22.3 Å². The van der Waals surface area contributed by atoms with Crippen LogP contribution in [0.25, 0.3) is 11.1 Å². The molecule has 2 atom stereocenters. The van der Waals surface area contributed by atoms with Crippen LogP contribution in [0.5, 0.6) is 0 Å². The van der Waals surface area contributed by atoms with Gasteiger partial charge < -0.3 is 24.8 Å². The van der Waals surface area contributed by atoms with Gasteiger partial charge in [-0.1, -0.05) is 48.5 Å². The largest absolute Gasteiger partial charge is 0.481 e. The van der Waals surface area contributed by atoms with Gasteiger partial charge in [0.25, 0.3) is 5.91 Å². The molecule has 0 saturated carbocycles. The van der Waals surface area contributed by atoms with Crippen molar-refractivity contribution >= 4 is 18.0 Å². The number of aliphatic carboxylic acids is 1. The summed E-state index contributed by atoms with van der Waals surface area (Å²) in [6.45, 7) is 1.34. The number of hydrogen-bond acceptors (Lipinski definition) is 5. The fourth-order valence-corrected chi connectivity index (χ4v) is 5.30. The van der Waals surface area contributed by atoms with Gasteiger partial charge in [-0.25, -0.2) is 4.79 Å². The van der Waals surface area contributed by atoms with Crippen LogP contribution in [0.2, 0.25) is 0 Å². The Balaban J connectivity index is 1.18. The molecule has 2 aliphatic heterocycles. The van der Waals surface area contributed by atoms with Crippen molar-refractivity contribution < 1.29 is 29.0 Å².